The first-order chi connectivity index (χ1) is 5.86. The molecular formula is C10H15NO. The van der Waals surface area contributed by atoms with Crippen molar-refractivity contribution >= 4 is 5.69 Å². The Morgan fingerprint density at radius 2 is 2.25 bits per heavy atom. The number of methoxy groups -OCH3 is 1. The molecule has 0 fully saturated rings. The molecule has 0 aliphatic rings. The summed E-state index contributed by atoms with van der Waals surface area (Å²) in [7, 11) is 1.71. The number of ether oxygens (including phenoxy) is 1. The quantitative estimate of drug-likeness (QED) is 0.739. The SMILES string of the molecule is CCNc1cccc(COC)c1. The average molecular weight is 165 g/mol. The van der Waals surface area contributed by atoms with E-state index in [9.17, 15) is 0 Å². The fourth-order valence-corrected chi connectivity index (χ4v) is 1.14. The Morgan fingerprint density at radius 1 is 1.42 bits per heavy atom. The van der Waals surface area contributed by atoms with E-state index >= 15 is 0 Å². The van der Waals surface area contributed by atoms with Crippen molar-refractivity contribution in [2.24, 2.45) is 0 Å². The smallest absolute Gasteiger partial charge is 0.0713 e. The summed E-state index contributed by atoms with van der Waals surface area (Å²) in [6, 6.07) is 8.26. The Hall–Kier alpha value is -1.02. The van der Waals surface area contributed by atoms with Gasteiger partial charge in [-0.2, -0.15) is 0 Å². The van der Waals surface area contributed by atoms with Crippen molar-refractivity contribution in [3.05, 3.63) is 29.8 Å². The van der Waals surface area contributed by atoms with Crippen LogP contribution in [0.3, 0.4) is 0 Å². The van der Waals surface area contributed by atoms with Crippen LogP contribution in [0.4, 0.5) is 5.69 Å². The maximum Gasteiger partial charge on any atom is 0.0713 e. The summed E-state index contributed by atoms with van der Waals surface area (Å²) < 4.78 is 5.03. The molecule has 0 heterocycles. The van der Waals surface area contributed by atoms with Gasteiger partial charge in [0.2, 0.25) is 0 Å². The lowest BCUT2D eigenvalue weighted by Crippen LogP contribution is -1.97. The van der Waals surface area contributed by atoms with Gasteiger partial charge in [0.05, 0.1) is 6.61 Å². The molecule has 0 amide bonds. The van der Waals surface area contributed by atoms with Gasteiger partial charge in [0, 0.05) is 19.3 Å². The van der Waals surface area contributed by atoms with Gasteiger partial charge in [-0.25, -0.2) is 0 Å². The fraction of sp³-hybridized carbons (Fsp3) is 0.400. The van der Waals surface area contributed by atoms with Crippen molar-refractivity contribution in [2.75, 3.05) is 19.0 Å². The summed E-state index contributed by atoms with van der Waals surface area (Å²) in [5.74, 6) is 0. The molecule has 0 aliphatic heterocycles. The Kier molecular flexibility index (Phi) is 3.61. The lowest BCUT2D eigenvalue weighted by molar-refractivity contribution is 0.185. The number of hydrogen-bond acceptors (Lipinski definition) is 2. The van der Waals surface area contributed by atoms with Crippen molar-refractivity contribution in [3.63, 3.8) is 0 Å². The molecule has 0 atom stereocenters. The minimum absolute atomic E-state index is 0.680. The third-order valence-corrected chi connectivity index (χ3v) is 1.62. The Labute approximate surface area is 73.6 Å². The normalized spacial score (nSPS) is 9.83. The highest BCUT2D eigenvalue weighted by atomic mass is 16.5. The van der Waals surface area contributed by atoms with Crippen LogP contribution in [-0.4, -0.2) is 13.7 Å². The molecule has 0 saturated carbocycles. The van der Waals surface area contributed by atoms with Crippen molar-refractivity contribution in [3.8, 4) is 0 Å². The van der Waals surface area contributed by atoms with Gasteiger partial charge in [-0.05, 0) is 24.6 Å². The first-order valence-electron chi connectivity index (χ1n) is 4.18. The molecule has 1 N–H and O–H groups in total. The van der Waals surface area contributed by atoms with Crippen LogP contribution in [0.1, 0.15) is 12.5 Å². The molecule has 0 bridgehead atoms. The van der Waals surface area contributed by atoms with Crippen LogP contribution in [0.5, 0.6) is 0 Å². The topological polar surface area (TPSA) is 21.3 Å². The Balaban J connectivity index is 2.67. The minimum Gasteiger partial charge on any atom is -0.385 e. The highest BCUT2D eigenvalue weighted by Crippen LogP contribution is 2.10. The van der Waals surface area contributed by atoms with Crippen LogP contribution in [0.2, 0.25) is 0 Å². The van der Waals surface area contributed by atoms with Gasteiger partial charge in [0.15, 0.2) is 0 Å². The average Bonchev–Trinajstić information content (AvgIpc) is 2.06. The second-order valence-corrected chi connectivity index (χ2v) is 2.66. The summed E-state index contributed by atoms with van der Waals surface area (Å²) in [5.41, 5.74) is 2.36. The zero-order valence-electron chi connectivity index (χ0n) is 7.63. The van der Waals surface area contributed by atoms with E-state index in [0.717, 1.165) is 12.2 Å². The van der Waals surface area contributed by atoms with E-state index < -0.39 is 0 Å². The van der Waals surface area contributed by atoms with E-state index in [-0.39, 0.29) is 0 Å². The molecule has 2 heteroatoms. The van der Waals surface area contributed by atoms with Crippen molar-refractivity contribution in [1.82, 2.24) is 0 Å². The molecule has 0 aliphatic carbocycles. The number of nitrogens with one attached hydrogen (secondary N) is 1. The second kappa shape index (κ2) is 4.78. The number of hydrogen-bond donors (Lipinski definition) is 1. The number of anilines is 1. The molecule has 0 radical (unpaired) electrons. The van der Waals surface area contributed by atoms with Crippen LogP contribution >= 0.6 is 0 Å². The molecular weight excluding hydrogens is 150 g/mol. The van der Waals surface area contributed by atoms with Crippen LogP contribution in [0, 0.1) is 0 Å². The van der Waals surface area contributed by atoms with E-state index in [0.29, 0.717) is 6.61 Å². The first kappa shape index (κ1) is 9.07. The van der Waals surface area contributed by atoms with Crippen LogP contribution in [0.15, 0.2) is 24.3 Å². The monoisotopic (exact) mass is 165 g/mol. The standard InChI is InChI=1S/C10H15NO/c1-3-11-10-6-4-5-9(7-10)8-12-2/h4-7,11H,3,8H2,1-2H3. The van der Waals surface area contributed by atoms with E-state index in [1.54, 1.807) is 7.11 Å². The number of benzene rings is 1. The molecule has 0 unspecified atom stereocenters. The number of rotatable bonds is 4. The van der Waals surface area contributed by atoms with Crippen molar-refractivity contribution < 1.29 is 4.74 Å². The van der Waals surface area contributed by atoms with E-state index in [4.69, 9.17) is 4.74 Å². The van der Waals surface area contributed by atoms with Crippen molar-refractivity contribution in [2.45, 2.75) is 13.5 Å². The zero-order chi connectivity index (χ0) is 8.81. The van der Waals surface area contributed by atoms with Gasteiger partial charge in [0.25, 0.3) is 0 Å². The highest BCUT2D eigenvalue weighted by Gasteiger charge is 1.92. The van der Waals surface area contributed by atoms with E-state index in [1.165, 1.54) is 5.56 Å². The summed E-state index contributed by atoms with van der Waals surface area (Å²) in [6.07, 6.45) is 0. The Bertz CT molecular complexity index is 214. The lowest BCUT2D eigenvalue weighted by atomic mass is 10.2. The predicted octanol–water partition coefficient (Wildman–Crippen LogP) is 2.26. The van der Waals surface area contributed by atoms with Crippen LogP contribution < -0.4 is 5.32 Å². The van der Waals surface area contributed by atoms with Gasteiger partial charge in [-0.3, -0.25) is 0 Å². The molecule has 0 saturated heterocycles. The van der Waals surface area contributed by atoms with Gasteiger partial charge in [-0.1, -0.05) is 12.1 Å². The fourth-order valence-electron chi connectivity index (χ4n) is 1.14. The molecule has 2 nitrogen and oxygen atoms in total. The van der Waals surface area contributed by atoms with Gasteiger partial charge in [0.1, 0.15) is 0 Å². The lowest BCUT2D eigenvalue weighted by Gasteiger charge is -2.05. The molecule has 1 aromatic carbocycles. The highest BCUT2D eigenvalue weighted by molar-refractivity contribution is 5.45. The maximum atomic E-state index is 5.03. The zero-order valence-corrected chi connectivity index (χ0v) is 7.63. The van der Waals surface area contributed by atoms with Gasteiger partial charge >= 0.3 is 0 Å². The maximum absolute atomic E-state index is 5.03. The summed E-state index contributed by atoms with van der Waals surface area (Å²) >= 11 is 0. The molecule has 12 heavy (non-hydrogen) atoms. The van der Waals surface area contributed by atoms with E-state index in [1.807, 2.05) is 6.07 Å². The van der Waals surface area contributed by atoms with E-state index in [2.05, 4.69) is 30.4 Å². The summed E-state index contributed by atoms with van der Waals surface area (Å²) in [6.45, 7) is 3.72. The predicted molar refractivity (Wildman–Crippen MR) is 51.3 cm³/mol. The second-order valence-electron chi connectivity index (χ2n) is 2.66. The first-order valence-corrected chi connectivity index (χ1v) is 4.18. The molecule has 1 rings (SSSR count). The molecule has 0 spiro atoms. The van der Waals surface area contributed by atoms with Crippen LogP contribution in [0.25, 0.3) is 0 Å². The summed E-state index contributed by atoms with van der Waals surface area (Å²) in [4.78, 5) is 0. The molecule has 66 valence electrons. The van der Waals surface area contributed by atoms with Gasteiger partial charge < -0.3 is 10.1 Å². The van der Waals surface area contributed by atoms with Crippen molar-refractivity contribution in [1.29, 1.82) is 0 Å². The third kappa shape index (κ3) is 2.55. The largest absolute Gasteiger partial charge is 0.385 e. The Morgan fingerprint density at radius 3 is 2.92 bits per heavy atom. The van der Waals surface area contributed by atoms with Gasteiger partial charge in [-0.15, -0.1) is 0 Å². The van der Waals surface area contributed by atoms with Crippen LogP contribution in [-0.2, 0) is 11.3 Å². The molecule has 0 aromatic heterocycles. The third-order valence-electron chi connectivity index (χ3n) is 1.62. The minimum atomic E-state index is 0.680. The summed E-state index contributed by atoms with van der Waals surface area (Å²) in [5, 5.41) is 3.25. The molecule has 1 aromatic rings.